The topological polar surface area (TPSA) is 114 Å². The number of methoxy groups -OCH3 is 2. The fourth-order valence-electron chi connectivity index (χ4n) is 3.49. The van der Waals surface area contributed by atoms with Gasteiger partial charge in [-0.2, -0.15) is 0 Å². The standard InChI is InChI=1S/C22H27N3O6S/c1-30-15-13-23-21(26)20-4-3-14-25(20)22(27)16-5-7-17(8-6-16)24-32(28,29)19-11-9-18(31-2)10-12-19/h5-12,20,24H,3-4,13-15H2,1-2H3,(H,23,26)/t20-/m0/s1. The van der Waals surface area contributed by atoms with Gasteiger partial charge in [0.05, 0.1) is 18.6 Å². The van der Waals surface area contributed by atoms with Gasteiger partial charge in [0.25, 0.3) is 15.9 Å². The molecule has 0 saturated carbocycles. The third kappa shape index (κ3) is 5.57. The van der Waals surface area contributed by atoms with Crippen molar-refractivity contribution in [2.24, 2.45) is 0 Å². The van der Waals surface area contributed by atoms with E-state index < -0.39 is 16.1 Å². The maximum Gasteiger partial charge on any atom is 0.261 e. The molecule has 1 saturated heterocycles. The minimum atomic E-state index is -3.78. The van der Waals surface area contributed by atoms with E-state index in [0.717, 1.165) is 6.42 Å². The summed E-state index contributed by atoms with van der Waals surface area (Å²) in [5.74, 6) is 0.0927. The molecule has 1 fully saturated rings. The van der Waals surface area contributed by atoms with Crippen LogP contribution in [0.5, 0.6) is 5.75 Å². The Morgan fingerprint density at radius 1 is 1.06 bits per heavy atom. The SMILES string of the molecule is COCCNC(=O)[C@@H]1CCCN1C(=O)c1ccc(NS(=O)(=O)c2ccc(OC)cc2)cc1. The van der Waals surface area contributed by atoms with Gasteiger partial charge in [0.1, 0.15) is 11.8 Å². The van der Waals surface area contributed by atoms with Crippen molar-refractivity contribution in [3.63, 3.8) is 0 Å². The molecular weight excluding hydrogens is 434 g/mol. The molecule has 32 heavy (non-hydrogen) atoms. The second-order valence-corrected chi connectivity index (χ2v) is 8.98. The van der Waals surface area contributed by atoms with Gasteiger partial charge in [-0.05, 0) is 61.4 Å². The highest BCUT2D eigenvalue weighted by Gasteiger charge is 2.34. The molecule has 172 valence electrons. The van der Waals surface area contributed by atoms with Gasteiger partial charge in [-0.3, -0.25) is 14.3 Å². The number of amides is 2. The fourth-order valence-corrected chi connectivity index (χ4v) is 4.55. The van der Waals surface area contributed by atoms with Gasteiger partial charge in [-0.1, -0.05) is 0 Å². The fraction of sp³-hybridized carbons (Fsp3) is 0.364. The number of carbonyl (C=O) groups excluding carboxylic acids is 2. The van der Waals surface area contributed by atoms with Crippen LogP contribution in [0.4, 0.5) is 5.69 Å². The van der Waals surface area contributed by atoms with E-state index in [-0.39, 0.29) is 16.7 Å². The van der Waals surface area contributed by atoms with Crippen LogP contribution >= 0.6 is 0 Å². The molecule has 2 N–H and O–H groups in total. The third-order valence-electron chi connectivity index (χ3n) is 5.18. The highest BCUT2D eigenvalue weighted by Crippen LogP contribution is 2.23. The molecular formula is C22H27N3O6S. The first-order valence-electron chi connectivity index (χ1n) is 10.2. The Morgan fingerprint density at radius 2 is 1.75 bits per heavy atom. The molecule has 0 aliphatic carbocycles. The summed E-state index contributed by atoms with van der Waals surface area (Å²) < 4.78 is 37.6. The number of carbonyl (C=O) groups is 2. The molecule has 2 aromatic carbocycles. The van der Waals surface area contributed by atoms with Gasteiger partial charge in [0, 0.05) is 31.5 Å². The average molecular weight is 462 g/mol. The first-order chi connectivity index (χ1) is 15.4. The molecule has 0 bridgehead atoms. The molecule has 0 unspecified atom stereocenters. The molecule has 9 nitrogen and oxygen atoms in total. The average Bonchev–Trinajstić information content (AvgIpc) is 3.29. The number of nitrogens with one attached hydrogen (secondary N) is 2. The summed E-state index contributed by atoms with van der Waals surface area (Å²) >= 11 is 0. The van der Waals surface area contributed by atoms with Crippen molar-refractivity contribution in [3.05, 3.63) is 54.1 Å². The minimum absolute atomic E-state index is 0.0952. The minimum Gasteiger partial charge on any atom is -0.497 e. The highest BCUT2D eigenvalue weighted by molar-refractivity contribution is 7.92. The van der Waals surface area contributed by atoms with Gasteiger partial charge in [0.2, 0.25) is 5.91 Å². The van der Waals surface area contributed by atoms with Crippen molar-refractivity contribution < 1.29 is 27.5 Å². The van der Waals surface area contributed by atoms with Crippen LogP contribution in [-0.2, 0) is 19.6 Å². The Labute approximate surface area is 187 Å². The smallest absolute Gasteiger partial charge is 0.261 e. The van der Waals surface area contributed by atoms with E-state index in [1.54, 1.807) is 36.3 Å². The summed E-state index contributed by atoms with van der Waals surface area (Å²) in [6, 6.07) is 11.7. The zero-order chi connectivity index (χ0) is 23.1. The van der Waals surface area contributed by atoms with Gasteiger partial charge in [-0.15, -0.1) is 0 Å². The van der Waals surface area contributed by atoms with Crippen molar-refractivity contribution in [1.82, 2.24) is 10.2 Å². The predicted molar refractivity (Wildman–Crippen MR) is 119 cm³/mol. The van der Waals surface area contributed by atoms with Gasteiger partial charge in [-0.25, -0.2) is 8.42 Å². The van der Waals surface area contributed by atoms with Gasteiger partial charge >= 0.3 is 0 Å². The van der Waals surface area contributed by atoms with Crippen LogP contribution in [0.2, 0.25) is 0 Å². The van der Waals surface area contributed by atoms with Crippen LogP contribution in [0.3, 0.4) is 0 Å². The first kappa shape index (κ1) is 23.6. The van der Waals surface area contributed by atoms with Gasteiger partial charge in [0.15, 0.2) is 0 Å². The number of sulfonamides is 1. The molecule has 10 heteroatoms. The van der Waals surface area contributed by atoms with Crippen molar-refractivity contribution >= 4 is 27.5 Å². The van der Waals surface area contributed by atoms with Crippen LogP contribution in [0.25, 0.3) is 0 Å². The van der Waals surface area contributed by atoms with E-state index in [1.165, 1.54) is 31.4 Å². The summed E-state index contributed by atoms with van der Waals surface area (Å²) in [5, 5.41) is 2.78. The zero-order valence-electron chi connectivity index (χ0n) is 18.0. The van der Waals surface area contributed by atoms with E-state index in [9.17, 15) is 18.0 Å². The molecule has 0 spiro atoms. The van der Waals surface area contributed by atoms with Crippen LogP contribution in [0.15, 0.2) is 53.4 Å². The van der Waals surface area contributed by atoms with Crippen molar-refractivity contribution in [2.45, 2.75) is 23.8 Å². The van der Waals surface area contributed by atoms with Crippen molar-refractivity contribution in [3.8, 4) is 5.75 Å². The van der Waals surface area contributed by atoms with Gasteiger partial charge < -0.3 is 19.7 Å². The lowest BCUT2D eigenvalue weighted by molar-refractivity contribution is -0.125. The quantitative estimate of drug-likeness (QED) is 0.551. The van der Waals surface area contributed by atoms with E-state index >= 15 is 0 Å². The summed E-state index contributed by atoms with van der Waals surface area (Å²) in [5.41, 5.74) is 0.710. The predicted octanol–water partition coefficient (Wildman–Crippen LogP) is 1.86. The number of likely N-dealkylation sites (tertiary alicyclic amines) is 1. The second-order valence-electron chi connectivity index (χ2n) is 7.30. The number of anilines is 1. The molecule has 2 aromatic rings. The number of benzene rings is 2. The van der Waals surface area contributed by atoms with E-state index in [2.05, 4.69) is 10.0 Å². The number of nitrogens with zero attached hydrogens (tertiary/aromatic N) is 1. The van der Waals surface area contributed by atoms with E-state index in [0.29, 0.717) is 43.1 Å². The van der Waals surface area contributed by atoms with Crippen LogP contribution in [0.1, 0.15) is 23.2 Å². The molecule has 0 radical (unpaired) electrons. The summed E-state index contributed by atoms with van der Waals surface area (Å²) in [6.07, 6.45) is 1.35. The van der Waals surface area contributed by atoms with Crippen LogP contribution in [0, 0.1) is 0 Å². The molecule has 3 rings (SSSR count). The molecule has 1 aliphatic heterocycles. The lowest BCUT2D eigenvalue weighted by Crippen LogP contribution is -2.46. The summed E-state index contributed by atoms with van der Waals surface area (Å²) in [7, 11) is -0.726. The van der Waals surface area contributed by atoms with Crippen molar-refractivity contribution in [2.75, 3.05) is 38.6 Å². The third-order valence-corrected chi connectivity index (χ3v) is 6.57. The number of rotatable bonds is 9. The molecule has 1 atom stereocenters. The summed E-state index contributed by atoms with van der Waals surface area (Å²) in [6.45, 7) is 1.28. The lowest BCUT2D eigenvalue weighted by atomic mass is 10.1. The van der Waals surface area contributed by atoms with Crippen LogP contribution in [-0.4, -0.2) is 65.1 Å². The number of hydrogen-bond donors (Lipinski definition) is 2. The Morgan fingerprint density at radius 3 is 2.38 bits per heavy atom. The summed E-state index contributed by atoms with van der Waals surface area (Å²) in [4.78, 5) is 27.0. The largest absolute Gasteiger partial charge is 0.497 e. The maximum atomic E-state index is 12.9. The lowest BCUT2D eigenvalue weighted by Gasteiger charge is -2.24. The number of ether oxygens (including phenoxy) is 2. The Bertz CT molecular complexity index is 1040. The molecule has 1 aliphatic rings. The Hall–Kier alpha value is -3.11. The van der Waals surface area contributed by atoms with E-state index in [4.69, 9.17) is 9.47 Å². The Kier molecular flexibility index (Phi) is 7.70. The highest BCUT2D eigenvalue weighted by atomic mass is 32.2. The second kappa shape index (κ2) is 10.5. The molecule has 0 aromatic heterocycles. The number of hydrogen-bond acceptors (Lipinski definition) is 6. The Balaban J connectivity index is 1.66. The molecule has 1 heterocycles. The first-order valence-corrected chi connectivity index (χ1v) is 11.7. The molecule has 2 amide bonds. The maximum absolute atomic E-state index is 12.9. The van der Waals surface area contributed by atoms with E-state index in [1.807, 2.05) is 0 Å². The monoisotopic (exact) mass is 461 g/mol. The normalized spacial score (nSPS) is 15.9. The van der Waals surface area contributed by atoms with Crippen LogP contribution < -0.4 is 14.8 Å². The zero-order valence-corrected chi connectivity index (χ0v) is 18.9. The van der Waals surface area contributed by atoms with Crippen molar-refractivity contribution in [1.29, 1.82) is 0 Å².